The highest BCUT2D eigenvalue weighted by Crippen LogP contribution is 2.35. The third kappa shape index (κ3) is 4.55. The summed E-state index contributed by atoms with van der Waals surface area (Å²) in [6.45, 7) is 5.66. The van der Waals surface area contributed by atoms with Crippen molar-refractivity contribution in [2.24, 2.45) is 5.92 Å². The molecule has 0 fully saturated rings. The molecule has 0 saturated carbocycles. The lowest BCUT2D eigenvalue weighted by atomic mass is 9.94. The van der Waals surface area contributed by atoms with Crippen LogP contribution in [-0.4, -0.2) is 32.7 Å². The largest absolute Gasteiger partial charge is 0.481 e. The molecule has 0 aromatic rings. The maximum atomic E-state index is 11.2. The average Bonchev–Trinajstić information content (AvgIpc) is 2.11. The topological polar surface area (TPSA) is 74.6 Å². The summed E-state index contributed by atoms with van der Waals surface area (Å²) >= 11 is 1.01. The van der Waals surface area contributed by atoms with Crippen molar-refractivity contribution < 1.29 is 19.8 Å². The van der Waals surface area contributed by atoms with Gasteiger partial charge in [0.05, 0.1) is 5.75 Å². The Balaban J connectivity index is 4.65. The molecule has 0 spiro atoms. The molecule has 0 amide bonds. The van der Waals surface area contributed by atoms with Crippen molar-refractivity contribution in [2.45, 2.75) is 38.4 Å². The monoisotopic (exact) mass is 234 g/mol. The highest BCUT2D eigenvalue weighted by atomic mass is 32.2. The first-order chi connectivity index (χ1) is 6.84. The van der Waals surface area contributed by atoms with Crippen molar-refractivity contribution in [1.29, 1.82) is 0 Å². The van der Waals surface area contributed by atoms with Crippen LogP contribution in [0.5, 0.6) is 0 Å². The minimum absolute atomic E-state index is 0.160. The Hall–Kier alpha value is -0.710. The normalized spacial score (nSPS) is 14.9. The molecule has 0 aliphatic carbocycles. The van der Waals surface area contributed by atoms with Gasteiger partial charge in [0, 0.05) is 0 Å². The molecule has 88 valence electrons. The number of hydrogen-bond acceptors (Lipinski definition) is 3. The fraction of sp³-hybridized carbons (Fsp3) is 0.800. The average molecular weight is 234 g/mol. The van der Waals surface area contributed by atoms with Crippen molar-refractivity contribution >= 4 is 23.7 Å². The van der Waals surface area contributed by atoms with Gasteiger partial charge in [-0.15, -0.1) is 11.8 Å². The second kappa shape index (κ2) is 6.00. The number of hydrogen-bond donors (Lipinski definition) is 2. The minimum Gasteiger partial charge on any atom is -0.481 e. The SMILES string of the molecule is CC[C@@](CC(C)C)(SCC(=O)O)C(=O)O. The van der Waals surface area contributed by atoms with Gasteiger partial charge in [0.2, 0.25) is 0 Å². The maximum Gasteiger partial charge on any atom is 0.319 e. The number of rotatable bonds is 7. The van der Waals surface area contributed by atoms with Crippen molar-refractivity contribution in [2.75, 3.05) is 5.75 Å². The molecule has 2 N–H and O–H groups in total. The highest BCUT2D eigenvalue weighted by molar-refractivity contribution is 8.02. The van der Waals surface area contributed by atoms with Gasteiger partial charge in [-0.05, 0) is 18.8 Å². The van der Waals surface area contributed by atoms with Gasteiger partial charge in [0.25, 0.3) is 0 Å². The zero-order valence-corrected chi connectivity index (χ0v) is 10.1. The van der Waals surface area contributed by atoms with Gasteiger partial charge < -0.3 is 10.2 Å². The molecule has 0 bridgehead atoms. The number of carboxylic acid groups (broad SMARTS) is 2. The van der Waals surface area contributed by atoms with Gasteiger partial charge in [-0.2, -0.15) is 0 Å². The van der Waals surface area contributed by atoms with Gasteiger partial charge in [0.1, 0.15) is 4.75 Å². The van der Waals surface area contributed by atoms with E-state index in [2.05, 4.69) is 0 Å². The third-order valence-electron chi connectivity index (χ3n) is 2.17. The molecular formula is C10H18O4S. The van der Waals surface area contributed by atoms with E-state index in [0.717, 1.165) is 11.8 Å². The quantitative estimate of drug-likeness (QED) is 0.705. The first-order valence-electron chi connectivity index (χ1n) is 4.93. The first-order valence-corrected chi connectivity index (χ1v) is 5.91. The lowest BCUT2D eigenvalue weighted by Gasteiger charge is -2.28. The number of carboxylic acids is 2. The summed E-state index contributed by atoms with van der Waals surface area (Å²) in [5, 5.41) is 17.7. The standard InChI is InChI=1S/C10H18O4S/c1-4-10(9(13)14,5-7(2)3)15-6-8(11)12/h7H,4-6H2,1-3H3,(H,11,12)(H,13,14)/t10-/m0/s1. The fourth-order valence-electron chi connectivity index (χ4n) is 1.46. The molecule has 5 heteroatoms. The lowest BCUT2D eigenvalue weighted by molar-refractivity contribution is -0.140. The third-order valence-corrected chi connectivity index (χ3v) is 3.74. The molecule has 0 aromatic heterocycles. The lowest BCUT2D eigenvalue weighted by Crippen LogP contribution is -2.37. The molecule has 0 saturated heterocycles. The van der Waals surface area contributed by atoms with Crippen LogP contribution in [0.4, 0.5) is 0 Å². The van der Waals surface area contributed by atoms with Crippen LogP contribution in [0.15, 0.2) is 0 Å². The van der Waals surface area contributed by atoms with Crippen LogP contribution in [0.25, 0.3) is 0 Å². The minimum atomic E-state index is -0.970. The predicted molar refractivity (Wildman–Crippen MR) is 60.2 cm³/mol. The number of aliphatic carboxylic acids is 2. The summed E-state index contributed by atoms with van der Waals surface area (Å²) in [4.78, 5) is 21.6. The number of carbonyl (C=O) groups is 2. The molecule has 0 heterocycles. The van der Waals surface area contributed by atoms with Crippen LogP contribution in [0, 0.1) is 5.92 Å². The van der Waals surface area contributed by atoms with E-state index in [1.165, 1.54) is 0 Å². The van der Waals surface area contributed by atoms with Gasteiger partial charge in [-0.3, -0.25) is 9.59 Å². The maximum absolute atomic E-state index is 11.2. The summed E-state index contributed by atoms with van der Waals surface area (Å²) in [6.07, 6.45) is 0.940. The van der Waals surface area contributed by atoms with Crippen molar-refractivity contribution in [1.82, 2.24) is 0 Å². The van der Waals surface area contributed by atoms with Crippen LogP contribution in [0.2, 0.25) is 0 Å². The molecule has 4 nitrogen and oxygen atoms in total. The summed E-state index contributed by atoms with van der Waals surface area (Å²) in [6, 6.07) is 0. The Kier molecular flexibility index (Phi) is 5.72. The molecule has 15 heavy (non-hydrogen) atoms. The smallest absolute Gasteiger partial charge is 0.319 e. The molecule has 0 radical (unpaired) electrons. The van der Waals surface area contributed by atoms with Crippen LogP contribution < -0.4 is 0 Å². The zero-order valence-electron chi connectivity index (χ0n) is 9.32. The van der Waals surface area contributed by atoms with E-state index in [9.17, 15) is 14.7 Å². The molecule has 0 aromatic carbocycles. The number of thioether (sulfide) groups is 1. The Morgan fingerprint density at radius 1 is 1.33 bits per heavy atom. The van der Waals surface area contributed by atoms with E-state index in [-0.39, 0.29) is 11.7 Å². The summed E-state index contributed by atoms with van der Waals surface area (Å²) in [5.41, 5.74) is 0. The van der Waals surface area contributed by atoms with Crippen LogP contribution in [-0.2, 0) is 9.59 Å². The first kappa shape index (κ1) is 14.3. The predicted octanol–water partition coefficient (Wildman–Crippen LogP) is 2.08. The van der Waals surface area contributed by atoms with Gasteiger partial charge in [-0.25, -0.2) is 0 Å². The molecule has 1 atom stereocenters. The van der Waals surface area contributed by atoms with E-state index in [1.54, 1.807) is 6.92 Å². The van der Waals surface area contributed by atoms with E-state index in [1.807, 2.05) is 13.8 Å². The van der Waals surface area contributed by atoms with E-state index in [0.29, 0.717) is 12.8 Å². The van der Waals surface area contributed by atoms with E-state index >= 15 is 0 Å². The second-order valence-corrected chi connectivity index (χ2v) is 5.29. The van der Waals surface area contributed by atoms with Gasteiger partial charge >= 0.3 is 11.9 Å². The fourth-order valence-corrected chi connectivity index (χ4v) is 2.64. The molecular weight excluding hydrogens is 216 g/mol. The Morgan fingerprint density at radius 3 is 2.13 bits per heavy atom. The van der Waals surface area contributed by atoms with Gasteiger partial charge in [0.15, 0.2) is 0 Å². The molecule has 0 aliphatic heterocycles. The Bertz CT molecular complexity index is 240. The Labute approximate surface area is 94.1 Å². The summed E-state index contributed by atoms with van der Waals surface area (Å²) in [7, 11) is 0. The summed E-state index contributed by atoms with van der Waals surface area (Å²) in [5.74, 6) is -1.80. The van der Waals surface area contributed by atoms with Crippen molar-refractivity contribution in [3.05, 3.63) is 0 Å². The summed E-state index contributed by atoms with van der Waals surface area (Å²) < 4.78 is -0.952. The molecule has 0 aliphatic rings. The molecule has 0 unspecified atom stereocenters. The van der Waals surface area contributed by atoms with E-state index < -0.39 is 16.7 Å². The van der Waals surface area contributed by atoms with Gasteiger partial charge in [-0.1, -0.05) is 20.8 Å². The van der Waals surface area contributed by atoms with E-state index in [4.69, 9.17) is 5.11 Å². The van der Waals surface area contributed by atoms with Crippen LogP contribution in [0.3, 0.4) is 0 Å². The zero-order chi connectivity index (χ0) is 12.1. The van der Waals surface area contributed by atoms with Crippen molar-refractivity contribution in [3.8, 4) is 0 Å². The second-order valence-electron chi connectivity index (χ2n) is 3.93. The van der Waals surface area contributed by atoms with Crippen LogP contribution in [0.1, 0.15) is 33.6 Å². The van der Waals surface area contributed by atoms with Crippen LogP contribution >= 0.6 is 11.8 Å². The van der Waals surface area contributed by atoms with Crippen molar-refractivity contribution in [3.63, 3.8) is 0 Å². The highest BCUT2D eigenvalue weighted by Gasteiger charge is 2.38. The molecule has 0 rings (SSSR count). The Morgan fingerprint density at radius 2 is 1.87 bits per heavy atom.